The Morgan fingerprint density at radius 3 is 2.69 bits per heavy atom. The van der Waals surface area contributed by atoms with Crippen molar-refractivity contribution in [1.29, 1.82) is 5.26 Å². The molecule has 0 saturated carbocycles. The SMILES string of the molecule is CCOc1cc(/C=N/NC(=O)COc2ccccc2C#N)ccc1OC(=O)c1ccco1. The number of rotatable bonds is 9. The van der Waals surface area contributed by atoms with Gasteiger partial charge in [0.2, 0.25) is 5.76 Å². The monoisotopic (exact) mass is 433 g/mol. The number of hydrogen-bond acceptors (Lipinski definition) is 8. The van der Waals surface area contributed by atoms with Gasteiger partial charge < -0.3 is 18.6 Å². The third kappa shape index (κ3) is 5.96. The van der Waals surface area contributed by atoms with Gasteiger partial charge in [0.1, 0.15) is 11.8 Å². The van der Waals surface area contributed by atoms with Gasteiger partial charge in [0.15, 0.2) is 18.1 Å². The number of amides is 1. The fourth-order valence-electron chi connectivity index (χ4n) is 2.54. The normalized spacial score (nSPS) is 10.4. The second kappa shape index (κ2) is 11.0. The molecule has 1 aromatic heterocycles. The molecule has 0 fully saturated rings. The Hall–Kier alpha value is -4.58. The summed E-state index contributed by atoms with van der Waals surface area (Å²) in [5.41, 5.74) is 3.27. The minimum absolute atomic E-state index is 0.0698. The van der Waals surface area contributed by atoms with Crippen LogP contribution >= 0.6 is 0 Å². The first-order chi connectivity index (χ1) is 15.6. The molecule has 1 N–H and O–H groups in total. The molecule has 1 amide bonds. The Morgan fingerprint density at radius 2 is 1.94 bits per heavy atom. The lowest BCUT2D eigenvalue weighted by atomic mass is 10.2. The van der Waals surface area contributed by atoms with Crippen LogP contribution in [-0.2, 0) is 4.79 Å². The van der Waals surface area contributed by atoms with Crippen LogP contribution in [-0.4, -0.2) is 31.3 Å². The summed E-state index contributed by atoms with van der Waals surface area (Å²) in [5.74, 6) is -0.209. The highest BCUT2D eigenvalue weighted by Crippen LogP contribution is 2.29. The average Bonchev–Trinajstić information content (AvgIpc) is 3.35. The van der Waals surface area contributed by atoms with Crippen LogP contribution in [0.2, 0.25) is 0 Å². The molecule has 3 rings (SSSR count). The molecule has 0 spiro atoms. The van der Waals surface area contributed by atoms with E-state index >= 15 is 0 Å². The van der Waals surface area contributed by atoms with E-state index in [-0.39, 0.29) is 18.1 Å². The molecule has 162 valence electrons. The molecule has 0 saturated heterocycles. The number of furan rings is 1. The van der Waals surface area contributed by atoms with Gasteiger partial charge in [0, 0.05) is 0 Å². The maximum atomic E-state index is 12.1. The first kappa shape index (κ1) is 22.1. The standard InChI is InChI=1S/C23H19N3O6/c1-2-29-21-12-16(9-10-19(21)32-23(28)20-8-5-11-30-20)14-25-26-22(27)15-31-18-7-4-3-6-17(18)13-24/h3-12,14H,2,15H2,1H3,(H,26,27)/b25-14+. The molecular formula is C23H19N3O6. The van der Waals surface area contributed by atoms with Crippen LogP contribution in [0.15, 0.2) is 70.4 Å². The van der Waals surface area contributed by atoms with Gasteiger partial charge in [-0.2, -0.15) is 10.4 Å². The molecule has 32 heavy (non-hydrogen) atoms. The topological polar surface area (TPSA) is 123 Å². The van der Waals surface area contributed by atoms with E-state index < -0.39 is 11.9 Å². The van der Waals surface area contributed by atoms with E-state index in [0.717, 1.165) is 0 Å². The number of carbonyl (C=O) groups is 2. The summed E-state index contributed by atoms with van der Waals surface area (Å²) in [6, 6.07) is 16.5. The van der Waals surface area contributed by atoms with Gasteiger partial charge in [0.05, 0.1) is 24.6 Å². The highest BCUT2D eigenvalue weighted by Gasteiger charge is 2.15. The predicted molar refractivity (Wildman–Crippen MR) is 114 cm³/mol. The minimum atomic E-state index is -0.650. The minimum Gasteiger partial charge on any atom is -0.490 e. The molecule has 2 aromatic carbocycles. The summed E-state index contributed by atoms with van der Waals surface area (Å²) in [4.78, 5) is 24.0. The number of carbonyl (C=O) groups excluding carboxylic acids is 2. The van der Waals surface area contributed by atoms with Gasteiger partial charge in [-0.1, -0.05) is 12.1 Å². The molecule has 0 aliphatic carbocycles. The fraction of sp³-hybridized carbons (Fsp3) is 0.130. The highest BCUT2D eigenvalue weighted by molar-refractivity contribution is 5.89. The zero-order valence-electron chi connectivity index (χ0n) is 17.1. The number of ether oxygens (including phenoxy) is 3. The van der Waals surface area contributed by atoms with E-state index in [0.29, 0.717) is 29.2 Å². The molecule has 0 unspecified atom stereocenters. The molecule has 0 radical (unpaired) electrons. The van der Waals surface area contributed by atoms with Crippen LogP contribution in [0.3, 0.4) is 0 Å². The number of nitriles is 1. The lowest BCUT2D eigenvalue weighted by Crippen LogP contribution is -2.24. The van der Waals surface area contributed by atoms with Crippen LogP contribution in [0.25, 0.3) is 0 Å². The Bertz CT molecular complexity index is 1150. The van der Waals surface area contributed by atoms with E-state index in [4.69, 9.17) is 23.9 Å². The smallest absolute Gasteiger partial charge is 0.379 e. The molecule has 1 heterocycles. The van der Waals surface area contributed by atoms with Gasteiger partial charge in [-0.15, -0.1) is 0 Å². The lowest BCUT2D eigenvalue weighted by Gasteiger charge is -2.10. The summed E-state index contributed by atoms with van der Waals surface area (Å²) in [6.45, 7) is 1.84. The first-order valence-corrected chi connectivity index (χ1v) is 9.57. The van der Waals surface area contributed by atoms with Gasteiger partial charge in [-0.25, -0.2) is 10.2 Å². The zero-order chi connectivity index (χ0) is 22.8. The van der Waals surface area contributed by atoms with Crippen LogP contribution in [0.5, 0.6) is 17.2 Å². The quantitative estimate of drug-likeness (QED) is 0.238. The van der Waals surface area contributed by atoms with Gasteiger partial charge in [0.25, 0.3) is 5.91 Å². The third-order valence-corrected chi connectivity index (χ3v) is 3.96. The number of nitrogens with zero attached hydrogens (tertiary/aromatic N) is 2. The Morgan fingerprint density at radius 1 is 1.09 bits per heavy atom. The number of nitrogens with one attached hydrogen (secondary N) is 1. The molecular weight excluding hydrogens is 414 g/mol. The number of esters is 1. The van der Waals surface area contributed by atoms with E-state index in [9.17, 15) is 9.59 Å². The molecule has 0 aliphatic heterocycles. The summed E-state index contributed by atoms with van der Waals surface area (Å²) in [5, 5.41) is 12.9. The highest BCUT2D eigenvalue weighted by atomic mass is 16.6. The van der Waals surface area contributed by atoms with Crippen molar-refractivity contribution >= 4 is 18.1 Å². The summed E-state index contributed by atoms with van der Waals surface area (Å²) >= 11 is 0. The Kier molecular flexibility index (Phi) is 7.59. The van der Waals surface area contributed by atoms with Crippen molar-refractivity contribution < 1.29 is 28.2 Å². The van der Waals surface area contributed by atoms with Crippen LogP contribution in [0.1, 0.15) is 28.6 Å². The summed E-state index contributed by atoms with van der Waals surface area (Å²) in [7, 11) is 0. The van der Waals surface area contributed by atoms with E-state index in [1.807, 2.05) is 6.07 Å². The second-order valence-corrected chi connectivity index (χ2v) is 6.20. The lowest BCUT2D eigenvalue weighted by molar-refractivity contribution is -0.123. The van der Waals surface area contributed by atoms with Crippen molar-refractivity contribution in [2.24, 2.45) is 5.10 Å². The molecule has 0 atom stereocenters. The van der Waals surface area contributed by atoms with Crippen molar-refractivity contribution in [3.8, 4) is 23.3 Å². The fourth-order valence-corrected chi connectivity index (χ4v) is 2.54. The summed E-state index contributed by atoms with van der Waals surface area (Å²) < 4.78 is 21.2. The number of para-hydroxylation sites is 1. The van der Waals surface area contributed by atoms with Crippen LogP contribution in [0, 0.1) is 11.3 Å². The average molecular weight is 433 g/mol. The molecule has 0 aliphatic rings. The summed E-state index contributed by atoms with van der Waals surface area (Å²) in [6.07, 6.45) is 2.78. The van der Waals surface area contributed by atoms with E-state index in [1.165, 1.54) is 18.5 Å². The number of benzene rings is 2. The first-order valence-electron chi connectivity index (χ1n) is 9.57. The predicted octanol–water partition coefficient (Wildman–Crippen LogP) is 3.30. The van der Waals surface area contributed by atoms with Crippen molar-refractivity contribution in [1.82, 2.24) is 5.43 Å². The third-order valence-electron chi connectivity index (χ3n) is 3.96. The second-order valence-electron chi connectivity index (χ2n) is 6.20. The molecule has 3 aromatic rings. The van der Waals surface area contributed by atoms with Gasteiger partial charge in [-0.05, 0) is 55.0 Å². The Labute approximate surface area is 183 Å². The Balaban J connectivity index is 1.59. The molecule has 0 bridgehead atoms. The number of hydrazone groups is 1. The van der Waals surface area contributed by atoms with Crippen molar-refractivity contribution in [3.63, 3.8) is 0 Å². The van der Waals surface area contributed by atoms with Crippen molar-refractivity contribution in [2.45, 2.75) is 6.92 Å². The maximum absolute atomic E-state index is 12.1. The zero-order valence-corrected chi connectivity index (χ0v) is 17.1. The van der Waals surface area contributed by atoms with Crippen molar-refractivity contribution in [3.05, 3.63) is 77.7 Å². The van der Waals surface area contributed by atoms with Gasteiger partial charge in [-0.3, -0.25) is 4.79 Å². The van der Waals surface area contributed by atoms with Crippen LogP contribution < -0.4 is 19.6 Å². The largest absolute Gasteiger partial charge is 0.490 e. The maximum Gasteiger partial charge on any atom is 0.379 e. The van der Waals surface area contributed by atoms with E-state index in [2.05, 4.69) is 10.5 Å². The molecule has 9 nitrogen and oxygen atoms in total. The van der Waals surface area contributed by atoms with E-state index in [1.54, 1.807) is 55.5 Å². The number of hydrogen-bond donors (Lipinski definition) is 1. The van der Waals surface area contributed by atoms with Crippen molar-refractivity contribution in [2.75, 3.05) is 13.2 Å². The molecule has 9 heteroatoms. The van der Waals surface area contributed by atoms with Gasteiger partial charge >= 0.3 is 5.97 Å². The van der Waals surface area contributed by atoms with Crippen LogP contribution in [0.4, 0.5) is 0 Å².